The summed E-state index contributed by atoms with van der Waals surface area (Å²) in [6.07, 6.45) is 1.61. The summed E-state index contributed by atoms with van der Waals surface area (Å²) in [6, 6.07) is 0. The van der Waals surface area contributed by atoms with Gasteiger partial charge in [-0.15, -0.1) is 0 Å². The zero-order valence-electron chi connectivity index (χ0n) is 7.82. The first kappa shape index (κ1) is 10.5. The second-order valence-corrected chi connectivity index (χ2v) is 3.54. The molecule has 13 heavy (non-hydrogen) atoms. The summed E-state index contributed by atoms with van der Waals surface area (Å²) in [7, 11) is 0. The fraction of sp³-hybridized carbons (Fsp3) is 0.889. The largest absolute Gasteiger partial charge is 0.479 e. The smallest absolute Gasteiger partial charge is 0.336 e. The fourth-order valence-electron chi connectivity index (χ4n) is 1.78. The Balaban J connectivity index is 2.69. The second kappa shape index (κ2) is 4.07. The first-order chi connectivity index (χ1) is 6.11. The van der Waals surface area contributed by atoms with Crippen LogP contribution in [0.25, 0.3) is 0 Å². The third-order valence-corrected chi connectivity index (χ3v) is 2.61. The zero-order valence-corrected chi connectivity index (χ0v) is 7.82. The van der Waals surface area contributed by atoms with E-state index < -0.39 is 11.6 Å². The summed E-state index contributed by atoms with van der Waals surface area (Å²) in [4.78, 5) is 10.9. The molecule has 1 rings (SSSR count). The van der Waals surface area contributed by atoms with Gasteiger partial charge >= 0.3 is 5.97 Å². The number of hydrogen-bond acceptors (Lipinski definition) is 3. The van der Waals surface area contributed by atoms with Crippen LogP contribution in [0.4, 0.5) is 0 Å². The van der Waals surface area contributed by atoms with Crippen molar-refractivity contribution in [1.29, 1.82) is 0 Å². The summed E-state index contributed by atoms with van der Waals surface area (Å²) in [5, 5.41) is 18.8. The van der Waals surface area contributed by atoms with E-state index in [9.17, 15) is 9.90 Å². The van der Waals surface area contributed by atoms with Gasteiger partial charge < -0.3 is 14.9 Å². The predicted molar refractivity (Wildman–Crippen MR) is 46.4 cm³/mol. The van der Waals surface area contributed by atoms with Gasteiger partial charge in [0.2, 0.25) is 0 Å². The molecule has 0 amide bonds. The number of ether oxygens (including phenoxy) is 1. The third-order valence-electron chi connectivity index (χ3n) is 2.61. The van der Waals surface area contributed by atoms with Crippen LogP contribution in [-0.2, 0) is 9.53 Å². The maximum Gasteiger partial charge on any atom is 0.336 e. The molecule has 2 atom stereocenters. The Morgan fingerprint density at radius 2 is 2.38 bits per heavy atom. The summed E-state index contributed by atoms with van der Waals surface area (Å²) < 4.78 is 5.08. The van der Waals surface area contributed by atoms with Crippen LogP contribution in [0.1, 0.15) is 26.2 Å². The number of carboxylic acids is 1. The van der Waals surface area contributed by atoms with Crippen LogP contribution in [0.3, 0.4) is 0 Å². The number of rotatable bonds is 4. The lowest BCUT2D eigenvalue weighted by molar-refractivity contribution is -0.166. The highest BCUT2D eigenvalue weighted by atomic mass is 16.5. The molecule has 0 aliphatic carbocycles. The zero-order chi connectivity index (χ0) is 9.90. The highest BCUT2D eigenvalue weighted by Gasteiger charge is 2.44. The quantitative estimate of drug-likeness (QED) is 0.679. The van der Waals surface area contributed by atoms with E-state index in [1.165, 1.54) is 0 Å². The van der Waals surface area contributed by atoms with Crippen molar-refractivity contribution >= 4 is 5.97 Å². The van der Waals surface area contributed by atoms with Gasteiger partial charge in [-0.3, -0.25) is 0 Å². The minimum atomic E-state index is -1.58. The lowest BCUT2D eigenvalue weighted by Gasteiger charge is -2.28. The molecule has 0 aromatic carbocycles. The standard InChI is InChI=1S/C9H16O4/c1-2-4-9(12,8(10)11)7-3-5-13-6-7/h7,12H,2-6H2,1H3,(H,10,11). The second-order valence-electron chi connectivity index (χ2n) is 3.54. The molecular weight excluding hydrogens is 172 g/mol. The van der Waals surface area contributed by atoms with Gasteiger partial charge in [0.1, 0.15) is 0 Å². The Bertz CT molecular complexity index is 186. The van der Waals surface area contributed by atoms with Gasteiger partial charge in [0, 0.05) is 12.5 Å². The maximum absolute atomic E-state index is 10.9. The van der Waals surface area contributed by atoms with E-state index >= 15 is 0 Å². The summed E-state index contributed by atoms with van der Waals surface area (Å²) in [6.45, 7) is 2.79. The first-order valence-electron chi connectivity index (χ1n) is 4.64. The van der Waals surface area contributed by atoms with Crippen LogP contribution < -0.4 is 0 Å². The van der Waals surface area contributed by atoms with E-state index in [0.717, 1.165) is 0 Å². The van der Waals surface area contributed by atoms with Crippen molar-refractivity contribution in [2.45, 2.75) is 31.8 Å². The molecule has 1 heterocycles. The fourth-order valence-corrected chi connectivity index (χ4v) is 1.78. The highest BCUT2D eigenvalue weighted by Crippen LogP contribution is 2.30. The third kappa shape index (κ3) is 2.00. The Labute approximate surface area is 77.5 Å². The number of carbonyl (C=O) groups is 1. The van der Waals surface area contributed by atoms with E-state index in [0.29, 0.717) is 32.5 Å². The van der Waals surface area contributed by atoms with E-state index in [2.05, 4.69) is 0 Å². The Hall–Kier alpha value is -0.610. The van der Waals surface area contributed by atoms with E-state index in [1.54, 1.807) is 0 Å². The van der Waals surface area contributed by atoms with Crippen molar-refractivity contribution in [1.82, 2.24) is 0 Å². The normalized spacial score (nSPS) is 27.1. The van der Waals surface area contributed by atoms with Crippen LogP contribution in [0, 0.1) is 5.92 Å². The molecule has 4 nitrogen and oxygen atoms in total. The van der Waals surface area contributed by atoms with Crippen molar-refractivity contribution in [3.63, 3.8) is 0 Å². The van der Waals surface area contributed by atoms with Crippen molar-refractivity contribution in [2.24, 2.45) is 5.92 Å². The lowest BCUT2D eigenvalue weighted by Crippen LogP contribution is -2.46. The number of aliphatic carboxylic acids is 1. The average molecular weight is 188 g/mol. The van der Waals surface area contributed by atoms with Crippen LogP contribution >= 0.6 is 0 Å². The van der Waals surface area contributed by atoms with Crippen LogP contribution in [-0.4, -0.2) is 35.0 Å². The molecule has 76 valence electrons. The van der Waals surface area contributed by atoms with Crippen molar-refractivity contribution in [3.8, 4) is 0 Å². The van der Waals surface area contributed by atoms with Crippen molar-refractivity contribution < 1.29 is 19.7 Å². The van der Waals surface area contributed by atoms with Gasteiger partial charge in [0.15, 0.2) is 5.60 Å². The summed E-state index contributed by atoms with van der Waals surface area (Å²) in [5.41, 5.74) is -1.58. The van der Waals surface area contributed by atoms with Crippen molar-refractivity contribution in [2.75, 3.05) is 13.2 Å². The van der Waals surface area contributed by atoms with Gasteiger partial charge in [-0.05, 0) is 12.8 Å². The summed E-state index contributed by atoms with van der Waals surface area (Å²) >= 11 is 0. The Morgan fingerprint density at radius 1 is 1.69 bits per heavy atom. The monoisotopic (exact) mass is 188 g/mol. The Morgan fingerprint density at radius 3 is 2.77 bits per heavy atom. The lowest BCUT2D eigenvalue weighted by atomic mass is 9.83. The number of aliphatic hydroxyl groups is 1. The molecule has 2 unspecified atom stereocenters. The molecule has 4 heteroatoms. The van der Waals surface area contributed by atoms with E-state index in [1.807, 2.05) is 6.92 Å². The maximum atomic E-state index is 10.9. The molecule has 0 radical (unpaired) electrons. The molecule has 0 aromatic rings. The number of carboxylic acid groups (broad SMARTS) is 1. The van der Waals surface area contributed by atoms with E-state index in [4.69, 9.17) is 9.84 Å². The van der Waals surface area contributed by atoms with Gasteiger partial charge in [0.05, 0.1) is 6.61 Å². The molecule has 0 saturated carbocycles. The minimum Gasteiger partial charge on any atom is -0.479 e. The highest BCUT2D eigenvalue weighted by molar-refractivity contribution is 5.77. The minimum absolute atomic E-state index is 0.245. The van der Waals surface area contributed by atoms with Gasteiger partial charge in [-0.25, -0.2) is 4.79 Å². The predicted octanol–water partition coefficient (Wildman–Crippen LogP) is 0.639. The van der Waals surface area contributed by atoms with Gasteiger partial charge in [-0.1, -0.05) is 13.3 Å². The van der Waals surface area contributed by atoms with Crippen molar-refractivity contribution in [3.05, 3.63) is 0 Å². The molecule has 0 aromatic heterocycles. The summed E-state index contributed by atoms with van der Waals surface area (Å²) in [5.74, 6) is -1.37. The van der Waals surface area contributed by atoms with Gasteiger partial charge in [0.25, 0.3) is 0 Å². The Kier molecular flexibility index (Phi) is 3.27. The molecule has 2 N–H and O–H groups in total. The first-order valence-corrected chi connectivity index (χ1v) is 4.64. The SMILES string of the molecule is CCCC(O)(C(=O)O)C1CCOC1. The molecule has 1 aliphatic rings. The topological polar surface area (TPSA) is 66.8 Å². The van der Waals surface area contributed by atoms with Crippen LogP contribution in [0.5, 0.6) is 0 Å². The molecule has 1 saturated heterocycles. The number of hydrogen-bond donors (Lipinski definition) is 2. The molecule has 1 aliphatic heterocycles. The average Bonchev–Trinajstić information content (AvgIpc) is 2.56. The van der Waals surface area contributed by atoms with Crippen LogP contribution in [0.2, 0.25) is 0 Å². The molecule has 0 bridgehead atoms. The van der Waals surface area contributed by atoms with Gasteiger partial charge in [-0.2, -0.15) is 0 Å². The molecule has 1 fully saturated rings. The molecular formula is C9H16O4. The molecule has 0 spiro atoms. The van der Waals surface area contributed by atoms with Crippen LogP contribution in [0.15, 0.2) is 0 Å². The van der Waals surface area contributed by atoms with E-state index in [-0.39, 0.29) is 5.92 Å².